The molecule has 1 aromatic heterocycles. The molecule has 2 fully saturated rings. The average Bonchev–Trinajstić information content (AvgIpc) is 3.09. The van der Waals surface area contributed by atoms with Crippen LogP contribution in [0.15, 0.2) is 24.3 Å². The van der Waals surface area contributed by atoms with E-state index in [-0.39, 0.29) is 18.3 Å². The van der Waals surface area contributed by atoms with E-state index in [9.17, 15) is 5.11 Å². The molecular formula is C14H15ClN2O2. The third kappa shape index (κ3) is 1.64. The summed E-state index contributed by atoms with van der Waals surface area (Å²) in [6.45, 7) is 0.130. The minimum absolute atomic E-state index is 0.130. The van der Waals surface area contributed by atoms with E-state index in [0.717, 1.165) is 30.2 Å². The molecule has 5 heteroatoms. The van der Waals surface area contributed by atoms with E-state index in [1.165, 1.54) is 0 Å². The molecule has 2 aliphatic rings. The van der Waals surface area contributed by atoms with Gasteiger partial charge in [0.2, 0.25) is 0 Å². The topological polar surface area (TPSA) is 50.6 Å². The number of aliphatic hydroxyl groups excluding tert-OH is 1. The van der Waals surface area contributed by atoms with Crippen LogP contribution in [0.1, 0.15) is 25.3 Å². The molecule has 2 heterocycles. The molecule has 1 aliphatic carbocycles. The molecular weight excluding hydrogens is 264 g/mol. The van der Waals surface area contributed by atoms with E-state index < -0.39 is 0 Å². The number of hydrogen-bond acceptors (Lipinski definition) is 3. The first-order chi connectivity index (χ1) is 9.23. The van der Waals surface area contributed by atoms with E-state index in [1.54, 1.807) is 0 Å². The van der Waals surface area contributed by atoms with Crippen molar-refractivity contribution in [3.8, 4) is 0 Å². The van der Waals surface area contributed by atoms with Gasteiger partial charge in [0.05, 0.1) is 24.3 Å². The predicted molar refractivity (Wildman–Crippen MR) is 72.3 cm³/mol. The van der Waals surface area contributed by atoms with E-state index >= 15 is 0 Å². The lowest BCUT2D eigenvalue weighted by molar-refractivity contribution is 0.158. The molecule has 0 spiro atoms. The SMILES string of the molecule is OC[C@]12CCC(n3nc(Cl)c4ccccc43)C[C@H]1O2. The van der Waals surface area contributed by atoms with Crippen LogP contribution in [-0.2, 0) is 4.74 Å². The minimum Gasteiger partial charge on any atom is -0.393 e. The predicted octanol–water partition coefficient (Wildman–Crippen LogP) is 2.54. The number of para-hydroxylation sites is 1. The van der Waals surface area contributed by atoms with Crippen molar-refractivity contribution in [2.24, 2.45) is 0 Å². The van der Waals surface area contributed by atoms with E-state index in [2.05, 4.69) is 11.2 Å². The van der Waals surface area contributed by atoms with Crippen LogP contribution in [0.25, 0.3) is 10.9 Å². The molecule has 1 saturated heterocycles. The zero-order valence-corrected chi connectivity index (χ0v) is 11.2. The van der Waals surface area contributed by atoms with Crippen LogP contribution >= 0.6 is 11.6 Å². The van der Waals surface area contributed by atoms with Crippen LogP contribution < -0.4 is 0 Å². The Morgan fingerprint density at radius 2 is 2.32 bits per heavy atom. The van der Waals surface area contributed by atoms with Crippen molar-refractivity contribution in [3.05, 3.63) is 29.4 Å². The van der Waals surface area contributed by atoms with Crippen LogP contribution in [0.2, 0.25) is 5.15 Å². The van der Waals surface area contributed by atoms with Gasteiger partial charge in [-0.2, -0.15) is 5.10 Å². The highest BCUT2D eigenvalue weighted by Gasteiger charge is 2.59. The van der Waals surface area contributed by atoms with Gasteiger partial charge >= 0.3 is 0 Å². The van der Waals surface area contributed by atoms with Gasteiger partial charge in [-0.15, -0.1) is 0 Å². The summed E-state index contributed by atoms with van der Waals surface area (Å²) in [4.78, 5) is 0. The molecule has 1 aliphatic heterocycles. The molecule has 1 unspecified atom stereocenters. The lowest BCUT2D eigenvalue weighted by Crippen LogP contribution is -2.29. The number of fused-ring (bicyclic) bond motifs is 2. The first kappa shape index (κ1) is 11.7. The van der Waals surface area contributed by atoms with Crippen molar-refractivity contribution >= 4 is 22.5 Å². The van der Waals surface area contributed by atoms with Crippen LogP contribution in [0.3, 0.4) is 0 Å². The number of halogens is 1. The molecule has 19 heavy (non-hydrogen) atoms. The number of aliphatic hydroxyl groups is 1. The summed E-state index contributed by atoms with van der Waals surface area (Å²) >= 11 is 6.20. The summed E-state index contributed by atoms with van der Waals surface area (Å²) in [7, 11) is 0. The number of nitrogens with zero attached hydrogens (tertiary/aromatic N) is 2. The van der Waals surface area contributed by atoms with Gasteiger partial charge in [0.1, 0.15) is 5.60 Å². The highest BCUT2D eigenvalue weighted by atomic mass is 35.5. The van der Waals surface area contributed by atoms with Crippen molar-refractivity contribution in [2.45, 2.75) is 37.0 Å². The van der Waals surface area contributed by atoms with Crippen molar-refractivity contribution in [1.29, 1.82) is 0 Å². The summed E-state index contributed by atoms with van der Waals surface area (Å²) in [5, 5.41) is 15.4. The van der Waals surface area contributed by atoms with Gasteiger partial charge in [-0.3, -0.25) is 4.68 Å². The summed E-state index contributed by atoms with van der Waals surface area (Å²) < 4.78 is 7.69. The molecule has 1 saturated carbocycles. The van der Waals surface area contributed by atoms with Crippen molar-refractivity contribution < 1.29 is 9.84 Å². The second-order valence-electron chi connectivity index (χ2n) is 5.51. The summed E-state index contributed by atoms with van der Waals surface area (Å²) in [5.41, 5.74) is 0.832. The molecule has 2 aromatic rings. The fourth-order valence-corrected chi connectivity index (χ4v) is 3.52. The maximum absolute atomic E-state index is 9.36. The fraction of sp³-hybridized carbons (Fsp3) is 0.500. The zero-order valence-electron chi connectivity index (χ0n) is 10.4. The lowest BCUT2D eigenvalue weighted by Gasteiger charge is -2.24. The van der Waals surface area contributed by atoms with Gasteiger partial charge in [-0.25, -0.2) is 0 Å². The quantitative estimate of drug-likeness (QED) is 0.859. The van der Waals surface area contributed by atoms with Gasteiger partial charge in [0, 0.05) is 5.39 Å². The van der Waals surface area contributed by atoms with Crippen LogP contribution in [0.4, 0.5) is 0 Å². The van der Waals surface area contributed by atoms with Crippen LogP contribution in [-0.4, -0.2) is 33.2 Å². The Labute approximate surface area is 115 Å². The Morgan fingerprint density at radius 3 is 3.11 bits per heavy atom. The highest BCUT2D eigenvalue weighted by molar-refractivity contribution is 6.34. The Hall–Kier alpha value is -1.10. The lowest BCUT2D eigenvalue weighted by atomic mass is 9.86. The number of hydrogen-bond donors (Lipinski definition) is 1. The number of rotatable bonds is 2. The van der Waals surface area contributed by atoms with E-state index in [1.807, 2.05) is 22.9 Å². The van der Waals surface area contributed by atoms with E-state index in [0.29, 0.717) is 11.2 Å². The summed E-state index contributed by atoms with van der Waals surface area (Å²) in [6.07, 6.45) is 2.95. The standard InChI is InChI=1S/C14H15ClN2O2/c15-13-10-3-1-2-4-11(10)17(16-13)9-5-6-14(8-18)12(7-9)19-14/h1-4,9,12,18H,5-8H2/t9?,12-,14-/m1/s1. The first-order valence-corrected chi connectivity index (χ1v) is 7.03. The number of benzene rings is 1. The number of ether oxygens (including phenoxy) is 1. The molecule has 4 nitrogen and oxygen atoms in total. The third-order valence-corrected chi connectivity index (χ3v) is 4.75. The van der Waals surface area contributed by atoms with Gasteiger partial charge in [-0.1, -0.05) is 23.7 Å². The van der Waals surface area contributed by atoms with Gasteiger partial charge < -0.3 is 9.84 Å². The molecule has 0 bridgehead atoms. The second-order valence-corrected chi connectivity index (χ2v) is 5.87. The fourth-order valence-electron chi connectivity index (χ4n) is 3.28. The molecule has 0 amide bonds. The van der Waals surface area contributed by atoms with Gasteiger partial charge in [0.25, 0.3) is 0 Å². The van der Waals surface area contributed by atoms with Crippen molar-refractivity contribution in [1.82, 2.24) is 9.78 Å². The number of epoxide rings is 1. The molecule has 3 atom stereocenters. The van der Waals surface area contributed by atoms with Gasteiger partial charge in [0.15, 0.2) is 5.15 Å². The smallest absolute Gasteiger partial charge is 0.158 e. The minimum atomic E-state index is -0.247. The molecule has 1 N–H and O–H groups in total. The molecule has 0 radical (unpaired) electrons. The normalized spacial score (nSPS) is 33.4. The monoisotopic (exact) mass is 278 g/mol. The van der Waals surface area contributed by atoms with Gasteiger partial charge in [-0.05, 0) is 31.4 Å². The second kappa shape index (κ2) is 3.95. The maximum Gasteiger partial charge on any atom is 0.158 e. The highest BCUT2D eigenvalue weighted by Crippen LogP contribution is 2.51. The summed E-state index contributed by atoms with van der Waals surface area (Å²) in [6, 6.07) is 8.34. The number of aromatic nitrogens is 2. The van der Waals surface area contributed by atoms with Crippen LogP contribution in [0.5, 0.6) is 0 Å². The Bertz CT molecular complexity index is 641. The molecule has 100 valence electrons. The average molecular weight is 279 g/mol. The maximum atomic E-state index is 9.36. The third-order valence-electron chi connectivity index (χ3n) is 4.48. The zero-order chi connectivity index (χ0) is 13.0. The van der Waals surface area contributed by atoms with Crippen LogP contribution in [0, 0.1) is 0 Å². The molecule has 1 aromatic carbocycles. The summed E-state index contributed by atoms with van der Waals surface area (Å²) in [5.74, 6) is 0. The Morgan fingerprint density at radius 1 is 1.47 bits per heavy atom. The van der Waals surface area contributed by atoms with Crippen molar-refractivity contribution in [2.75, 3.05) is 6.61 Å². The largest absolute Gasteiger partial charge is 0.393 e. The Balaban J connectivity index is 1.69. The Kier molecular flexibility index (Phi) is 2.43. The molecule has 4 rings (SSSR count). The van der Waals surface area contributed by atoms with Crippen molar-refractivity contribution in [3.63, 3.8) is 0 Å². The first-order valence-electron chi connectivity index (χ1n) is 6.65. The van der Waals surface area contributed by atoms with E-state index in [4.69, 9.17) is 16.3 Å².